The highest BCUT2D eigenvalue weighted by atomic mass is 35.5. The molecule has 0 bridgehead atoms. The zero-order chi connectivity index (χ0) is 18.3. The van der Waals surface area contributed by atoms with Crippen LogP contribution in [-0.4, -0.2) is 8.42 Å². The van der Waals surface area contributed by atoms with Crippen molar-refractivity contribution in [3.63, 3.8) is 0 Å². The number of nitrogens with one attached hydrogen (secondary N) is 1. The predicted octanol–water partition coefficient (Wildman–Crippen LogP) is 4.53. The quantitative estimate of drug-likeness (QED) is 0.584. The number of hydrogen-bond donors (Lipinski definition) is 2. The van der Waals surface area contributed by atoms with E-state index in [-0.39, 0.29) is 15.7 Å². The van der Waals surface area contributed by atoms with Crippen LogP contribution in [0.15, 0.2) is 35.2 Å². The van der Waals surface area contributed by atoms with Crippen LogP contribution in [0.2, 0.25) is 10.0 Å². The molecule has 0 unspecified atom stereocenters. The Bertz CT molecular complexity index is 878. The Kier molecular flexibility index (Phi) is 4.89. The van der Waals surface area contributed by atoms with Crippen molar-refractivity contribution in [1.29, 1.82) is 0 Å². The van der Waals surface area contributed by atoms with Gasteiger partial charge >= 0.3 is 6.18 Å². The Hall–Kier alpha value is -1.71. The number of sulfonamides is 1. The smallest absolute Gasteiger partial charge is 0.396 e. The first kappa shape index (κ1) is 18.6. The minimum absolute atomic E-state index is 0.0431. The van der Waals surface area contributed by atoms with Crippen molar-refractivity contribution in [2.45, 2.75) is 11.1 Å². The van der Waals surface area contributed by atoms with Gasteiger partial charge < -0.3 is 5.73 Å². The first-order chi connectivity index (χ1) is 10.9. The summed E-state index contributed by atoms with van der Waals surface area (Å²) in [6, 6.07) is 3.66. The molecule has 2 rings (SSSR count). The average Bonchev–Trinajstić information content (AvgIpc) is 2.44. The van der Waals surface area contributed by atoms with E-state index in [0.29, 0.717) is 12.1 Å². The molecule has 0 amide bonds. The van der Waals surface area contributed by atoms with Gasteiger partial charge in [0.1, 0.15) is 5.82 Å². The average molecular weight is 403 g/mol. The SMILES string of the molecule is Nc1c(Cl)cc(S(=O)(=O)Nc2ccc(F)c(C(F)(F)F)c2)cc1Cl. The van der Waals surface area contributed by atoms with Crippen molar-refractivity contribution < 1.29 is 26.0 Å². The van der Waals surface area contributed by atoms with Crippen LogP contribution in [-0.2, 0) is 16.2 Å². The molecule has 0 saturated heterocycles. The molecular formula is C13H8Cl2F4N2O2S. The van der Waals surface area contributed by atoms with Gasteiger partial charge in [0.25, 0.3) is 10.0 Å². The van der Waals surface area contributed by atoms with Crippen molar-refractivity contribution in [3.05, 3.63) is 51.8 Å². The van der Waals surface area contributed by atoms with Crippen LogP contribution in [0, 0.1) is 5.82 Å². The van der Waals surface area contributed by atoms with Crippen molar-refractivity contribution in [2.75, 3.05) is 10.5 Å². The maximum Gasteiger partial charge on any atom is 0.419 e. The van der Waals surface area contributed by atoms with Gasteiger partial charge in [-0.25, -0.2) is 12.8 Å². The third-order valence-corrected chi connectivity index (χ3v) is 4.87. The van der Waals surface area contributed by atoms with Crippen molar-refractivity contribution in [3.8, 4) is 0 Å². The van der Waals surface area contributed by atoms with Crippen LogP contribution in [0.5, 0.6) is 0 Å². The lowest BCUT2D eigenvalue weighted by molar-refractivity contribution is -0.139. The van der Waals surface area contributed by atoms with E-state index >= 15 is 0 Å². The van der Waals surface area contributed by atoms with Crippen molar-refractivity contribution >= 4 is 44.6 Å². The fourth-order valence-corrected chi connectivity index (χ4v) is 3.45. The van der Waals surface area contributed by atoms with Crippen LogP contribution in [0.3, 0.4) is 0 Å². The Morgan fingerprint density at radius 2 is 1.58 bits per heavy atom. The number of benzene rings is 2. The third-order valence-electron chi connectivity index (χ3n) is 2.89. The summed E-state index contributed by atoms with van der Waals surface area (Å²) in [7, 11) is -4.31. The molecule has 0 fully saturated rings. The lowest BCUT2D eigenvalue weighted by Crippen LogP contribution is -2.15. The van der Waals surface area contributed by atoms with E-state index in [1.807, 2.05) is 4.72 Å². The third kappa shape index (κ3) is 3.85. The van der Waals surface area contributed by atoms with E-state index < -0.39 is 38.2 Å². The van der Waals surface area contributed by atoms with Crippen LogP contribution >= 0.6 is 23.2 Å². The molecule has 0 radical (unpaired) electrons. The van der Waals surface area contributed by atoms with Gasteiger partial charge in [-0.2, -0.15) is 13.2 Å². The summed E-state index contributed by atoms with van der Waals surface area (Å²) in [6.07, 6.45) is -4.97. The van der Waals surface area contributed by atoms with Gasteiger partial charge in [-0.1, -0.05) is 23.2 Å². The van der Waals surface area contributed by atoms with E-state index in [0.717, 1.165) is 18.2 Å². The van der Waals surface area contributed by atoms with E-state index in [1.165, 1.54) is 0 Å². The zero-order valence-corrected chi connectivity index (χ0v) is 13.8. The normalized spacial score (nSPS) is 12.2. The number of nitrogens with two attached hydrogens (primary N) is 1. The van der Waals surface area contributed by atoms with Crippen LogP contribution in [0.4, 0.5) is 28.9 Å². The maximum absolute atomic E-state index is 13.2. The van der Waals surface area contributed by atoms with Crippen LogP contribution < -0.4 is 10.5 Å². The summed E-state index contributed by atoms with van der Waals surface area (Å²) in [5, 5.41) is -0.282. The van der Waals surface area contributed by atoms with Crippen LogP contribution in [0.25, 0.3) is 0 Å². The second-order valence-electron chi connectivity index (χ2n) is 4.60. The minimum Gasteiger partial charge on any atom is -0.396 e. The molecule has 0 saturated carbocycles. The number of rotatable bonds is 3. The largest absolute Gasteiger partial charge is 0.419 e. The molecule has 0 atom stereocenters. The molecule has 2 aromatic rings. The highest BCUT2D eigenvalue weighted by molar-refractivity contribution is 7.92. The molecule has 130 valence electrons. The van der Waals surface area contributed by atoms with E-state index in [9.17, 15) is 26.0 Å². The van der Waals surface area contributed by atoms with Crippen molar-refractivity contribution in [1.82, 2.24) is 0 Å². The summed E-state index contributed by atoms with van der Waals surface area (Å²) < 4.78 is 77.6. The Morgan fingerprint density at radius 3 is 2.08 bits per heavy atom. The topological polar surface area (TPSA) is 72.2 Å². The maximum atomic E-state index is 13.2. The molecule has 0 aliphatic heterocycles. The monoisotopic (exact) mass is 402 g/mol. The Balaban J connectivity index is 2.44. The number of anilines is 2. The molecule has 0 aliphatic rings. The van der Waals surface area contributed by atoms with Gasteiger partial charge in [-0.15, -0.1) is 0 Å². The summed E-state index contributed by atoms with van der Waals surface area (Å²) in [5.41, 5.74) is 3.36. The standard InChI is InChI=1S/C13H8Cl2F4N2O2S/c14-9-4-7(5-10(15)12(9)20)24(22,23)21-6-1-2-11(16)8(3-6)13(17,18)19/h1-5,21H,20H2. The number of hydrogen-bond acceptors (Lipinski definition) is 3. The van der Waals surface area contributed by atoms with E-state index in [4.69, 9.17) is 28.9 Å². The predicted molar refractivity (Wildman–Crippen MR) is 83.1 cm³/mol. The summed E-state index contributed by atoms with van der Waals surface area (Å²) in [6.45, 7) is 0. The highest BCUT2D eigenvalue weighted by Crippen LogP contribution is 2.34. The summed E-state index contributed by atoms with van der Waals surface area (Å²) >= 11 is 11.5. The number of nitrogen functional groups attached to an aromatic ring is 1. The molecule has 24 heavy (non-hydrogen) atoms. The van der Waals surface area contributed by atoms with Gasteiger partial charge in [0.2, 0.25) is 0 Å². The van der Waals surface area contributed by atoms with Gasteiger partial charge in [-0.05, 0) is 30.3 Å². The highest BCUT2D eigenvalue weighted by Gasteiger charge is 2.34. The van der Waals surface area contributed by atoms with Crippen molar-refractivity contribution in [2.24, 2.45) is 0 Å². The second kappa shape index (κ2) is 6.30. The lowest BCUT2D eigenvalue weighted by Gasteiger charge is -2.13. The summed E-state index contributed by atoms with van der Waals surface area (Å²) in [5.74, 6) is -1.52. The van der Waals surface area contributed by atoms with Gasteiger partial charge in [-0.3, -0.25) is 4.72 Å². The molecule has 3 N–H and O–H groups in total. The number of halogens is 6. The fraction of sp³-hybridized carbons (Fsp3) is 0.0769. The van der Waals surface area contributed by atoms with E-state index in [2.05, 4.69) is 0 Å². The molecule has 0 spiro atoms. The molecule has 0 aromatic heterocycles. The molecule has 2 aromatic carbocycles. The zero-order valence-electron chi connectivity index (χ0n) is 11.5. The molecule has 11 heteroatoms. The molecule has 4 nitrogen and oxygen atoms in total. The fourth-order valence-electron chi connectivity index (χ4n) is 1.74. The first-order valence-corrected chi connectivity index (χ1v) is 8.30. The van der Waals surface area contributed by atoms with Gasteiger partial charge in [0, 0.05) is 5.69 Å². The molecule has 0 aliphatic carbocycles. The Labute approximate surface area is 144 Å². The number of alkyl halides is 3. The second-order valence-corrected chi connectivity index (χ2v) is 7.10. The molecule has 0 heterocycles. The first-order valence-electron chi connectivity index (χ1n) is 6.06. The van der Waals surface area contributed by atoms with Gasteiger partial charge in [0.15, 0.2) is 0 Å². The van der Waals surface area contributed by atoms with Gasteiger partial charge in [0.05, 0.1) is 26.2 Å². The van der Waals surface area contributed by atoms with Crippen LogP contribution in [0.1, 0.15) is 5.56 Å². The summed E-state index contributed by atoms with van der Waals surface area (Å²) in [4.78, 5) is -0.412. The molecular weight excluding hydrogens is 395 g/mol. The van der Waals surface area contributed by atoms with E-state index in [1.54, 1.807) is 0 Å². The minimum atomic E-state index is -4.97. The Morgan fingerprint density at radius 1 is 1.04 bits per heavy atom. The lowest BCUT2D eigenvalue weighted by atomic mass is 10.2.